The third-order valence-electron chi connectivity index (χ3n) is 2.47. The van der Waals surface area contributed by atoms with Crippen molar-refractivity contribution in [2.24, 2.45) is 0 Å². The van der Waals surface area contributed by atoms with Crippen molar-refractivity contribution in [2.75, 3.05) is 13.6 Å². The van der Waals surface area contributed by atoms with Crippen LogP contribution in [-0.2, 0) is 6.42 Å². The Morgan fingerprint density at radius 1 is 1.35 bits per heavy atom. The lowest BCUT2D eigenvalue weighted by Crippen LogP contribution is -2.09. The summed E-state index contributed by atoms with van der Waals surface area (Å²) in [6, 6.07) is 6.27. The molecule has 1 aromatic heterocycles. The number of likely N-dealkylation sites (N-methyl/N-ethyl adjacent to an activating group) is 1. The summed E-state index contributed by atoms with van der Waals surface area (Å²) < 4.78 is 1.11. The number of hydrogen-bond donors (Lipinski definition) is 1. The second-order valence-electron chi connectivity index (χ2n) is 3.82. The smallest absolute Gasteiger partial charge is 0.147 e. The van der Waals surface area contributed by atoms with E-state index < -0.39 is 0 Å². The van der Waals surface area contributed by atoms with Gasteiger partial charge >= 0.3 is 0 Å². The Labute approximate surface area is 113 Å². The van der Waals surface area contributed by atoms with Crippen molar-refractivity contribution < 1.29 is 0 Å². The van der Waals surface area contributed by atoms with Crippen molar-refractivity contribution >= 4 is 27.3 Å². The topological polar surface area (TPSA) is 37.8 Å². The molecule has 0 aliphatic heterocycles. The molecular formula is C12H14BrN3S. The lowest BCUT2D eigenvalue weighted by Gasteiger charge is -1.99. The molecule has 1 N–H and O–H groups in total. The highest BCUT2D eigenvalue weighted by Gasteiger charge is 2.07. The minimum absolute atomic E-state index is 0.932. The maximum Gasteiger partial charge on any atom is 0.147 e. The van der Waals surface area contributed by atoms with E-state index in [-0.39, 0.29) is 0 Å². The summed E-state index contributed by atoms with van der Waals surface area (Å²) in [4.78, 5) is 0. The maximum absolute atomic E-state index is 4.23. The normalized spacial score (nSPS) is 10.8. The van der Waals surface area contributed by atoms with Gasteiger partial charge < -0.3 is 5.32 Å². The Morgan fingerprint density at radius 2 is 2.18 bits per heavy atom. The molecule has 0 aliphatic rings. The van der Waals surface area contributed by atoms with E-state index in [9.17, 15) is 0 Å². The van der Waals surface area contributed by atoms with Gasteiger partial charge in [0.1, 0.15) is 10.0 Å². The molecule has 0 atom stereocenters. The fourth-order valence-corrected chi connectivity index (χ4v) is 2.64. The molecule has 0 saturated carbocycles. The molecule has 2 aromatic rings. The minimum Gasteiger partial charge on any atom is -0.319 e. The molecule has 1 heterocycles. The van der Waals surface area contributed by atoms with E-state index in [0.717, 1.165) is 33.0 Å². The van der Waals surface area contributed by atoms with Gasteiger partial charge in [0.2, 0.25) is 0 Å². The monoisotopic (exact) mass is 311 g/mol. The third kappa shape index (κ3) is 3.12. The number of aromatic nitrogens is 2. The van der Waals surface area contributed by atoms with Gasteiger partial charge in [0, 0.05) is 23.0 Å². The van der Waals surface area contributed by atoms with E-state index in [4.69, 9.17) is 0 Å². The van der Waals surface area contributed by atoms with Crippen LogP contribution in [0.25, 0.3) is 10.6 Å². The van der Waals surface area contributed by atoms with Gasteiger partial charge in [-0.1, -0.05) is 39.4 Å². The second-order valence-corrected chi connectivity index (χ2v) is 5.73. The van der Waals surface area contributed by atoms with E-state index in [1.54, 1.807) is 11.3 Å². The molecule has 0 fully saturated rings. The Bertz CT molecular complexity index is 510. The van der Waals surface area contributed by atoms with Gasteiger partial charge in [-0.3, -0.25) is 0 Å². The van der Waals surface area contributed by atoms with Gasteiger partial charge in [-0.05, 0) is 25.6 Å². The molecule has 0 radical (unpaired) electrons. The summed E-state index contributed by atoms with van der Waals surface area (Å²) in [5, 5.41) is 13.6. The van der Waals surface area contributed by atoms with Crippen LogP contribution >= 0.6 is 27.3 Å². The van der Waals surface area contributed by atoms with Crippen molar-refractivity contribution in [3.63, 3.8) is 0 Å². The molecule has 17 heavy (non-hydrogen) atoms. The van der Waals surface area contributed by atoms with Crippen LogP contribution in [0.2, 0.25) is 0 Å². The van der Waals surface area contributed by atoms with E-state index in [0.29, 0.717) is 0 Å². The van der Waals surface area contributed by atoms with Crippen molar-refractivity contribution in [2.45, 2.75) is 13.3 Å². The van der Waals surface area contributed by atoms with Gasteiger partial charge in [-0.25, -0.2) is 0 Å². The van der Waals surface area contributed by atoms with E-state index in [2.05, 4.69) is 56.6 Å². The van der Waals surface area contributed by atoms with Crippen LogP contribution in [-0.4, -0.2) is 23.8 Å². The standard InChI is InChI=1S/C12H14BrN3S/c1-8-3-4-9(7-10(8)13)12-16-15-11(17-12)5-6-14-2/h3-4,7,14H,5-6H2,1-2H3. The largest absolute Gasteiger partial charge is 0.319 e. The highest BCUT2D eigenvalue weighted by atomic mass is 79.9. The van der Waals surface area contributed by atoms with Crippen molar-refractivity contribution in [1.82, 2.24) is 15.5 Å². The molecule has 5 heteroatoms. The van der Waals surface area contributed by atoms with Crippen molar-refractivity contribution in [3.05, 3.63) is 33.2 Å². The highest BCUT2D eigenvalue weighted by Crippen LogP contribution is 2.27. The molecule has 0 bridgehead atoms. The summed E-state index contributed by atoms with van der Waals surface area (Å²) >= 11 is 5.20. The number of aryl methyl sites for hydroxylation is 1. The SMILES string of the molecule is CNCCc1nnc(-c2ccc(C)c(Br)c2)s1. The van der Waals surface area contributed by atoms with E-state index in [1.807, 2.05) is 7.05 Å². The molecule has 0 amide bonds. The number of rotatable bonds is 4. The molecule has 0 saturated heterocycles. The van der Waals surface area contributed by atoms with Gasteiger partial charge in [0.25, 0.3) is 0 Å². The molecule has 90 valence electrons. The number of nitrogens with zero attached hydrogens (tertiary/aromatic N) is 2. The predicted octanol–water partition coefficient (Wildman–Crippen LogP) is 3.04. The first kappa shape index (κ1) is 12.7. The first-order chi connectivity index (χ1) is 8.20. The molecule has 0 aliphatic carbocycles. The third-order valence-corrected chi connectivity index (χ3v) is 4.36. The molecule has 0 spiro atoms. The fraction of sp³-hybridized carbons (Fsp3) is 0.333. The molecule has 3 nitrogen and oxygen atoms in total. The lowest BCUT2D eigenvalue weighted by atomic mass is 10.2. The fourth-order valence-electron chi connectivity index (χ4n) is 1.43. The molecule has 0 unspecified atom stereocenters. The summed E-state index contributed by atoms with van der Waals surface area (Å²) in [7, 11) is 1.94. The Balaban J connectivity index is 2.21. The quantitative estimate of drug-likeness (QED) is 0.943. The zero-order chi connectivity index (χ0) is 12.3. The van der Waals surface area contributed by atoms with Crippen LogP contribution in [0.3, 0.4) is 0 Å². The van der Waals surface area contributed by atoms with E-state index >= 15 is 0 Å². The summed E-state index contributed by atoms with van der Waals surface area (Å²) in [5.41, 5.74) is 2.35. The van der Waals surface area contributed by atoms with Crippen LogP contribution < -0.4 is 5.32 Å². The average Bonchev–Trinajstić information content (AvgIpc) is 2.79. The minimum atomic E-state index is 0.932. The van der Waals surface area contributed by atoms with Gasteiger partial charge in [-0.15, -0.1) is 10.2 Å². The number of benzene rings is 1. The van der Waals surface area contributed by atoms with Crippen molar-refractivity contribution in [1.29, 1.82) is 0 Å². The van der Waals surface area contributed by atoms with E-state index in [1.165, 1.54) is 5.56 Å². The maximum atomic E-state index is 4.23. The summed E-state index contributed by atoms with van der Waals surface area (Å²) in [6.07, 6.45) is 0.932. The number of hydrogen-bond acceptors (Lipinski definition) is 4. The van der Waals surface area contributed by atoms with Gasteiger partial charge in [-0.2, -0.15) is 0 Å². The van der Waals surface area contributed by atoms with Crippen LogP contribution in [0.4, 0.5) is 0 Å². The number of nitrogens with one attached hydrogen (secondary N) is 1. The van der Waals surface area contributed by atoms with Gasteiger partial charge in [0.05, 0.1) is 0 Å². The zero-order valence-electron chi connectivity index (χ0n) is 9.83. The molecule has 1 aromatic carbocycles. The van der Waals surface area contributed by atoms with Crippen molar-refractivity contribution in [3.8, 4) is 10.6 Å². The Morgan fingerprint density at radius 3 is 2.88 bits per heavy atom. The van der Waals surface area contributed by atoms with Crippen LogP contribution in [0.5, 0.6) is 0 Å². The molecular weight excluding hydrogens is 298 g/mol. The van der Waals surface area contributed by atoms with Crippen LogP contribution in [0.1, 0.15) is 10.6 Å². The van der Waals surface area contributed by atoms with Gasteiger partial charge in [0.15, 0.2) is 0 Å². The van der Waals surface area contributed by atoms with Crippen LogP contribution in [0, 0.1) is 6.92 Å². The molecule has 2 rings (SSSR count). The second kappa shape index (κ2) is 5.71. The Hall–Kier alpha value is -0.780. The predicted molar refractivity (Wildman–Crippen MR) is 75.4 cm³/mol. The summed E-state index contributed by atoms with van der Waals surface area (Å²) in [6.45, 7) is 3.01. The Kier molecular flexibility index (Phi) is 4.25. The lowest BCUT2D eigenvalue weighted by molar-refractivity contribution is 0.779. The zero-order valence-corrected chi connectivity index (χ0v) is 12.2. The highest BCUT2D eigenvalue weighted by molar-refractivity contribution is 9.10. The average molecular weight is 312 g/mol. The first-order valence-electron chi connectivity index (χ1n) is 5.44. The summed E-state index contributed by atoms with van der Waals surface area (Å²) in [5.74, 6) is 0. The first-order valence-corrected chi connectivity index (χ1v) is 7.05. The van der Waals surface area contributed by atoms with Crippen LogP contribution in [0.15, 0.2) is 22.7 Å². The number of halogens is 1.